The highest BCUT2D eigenvalue weighted by Gasteiger charge is 2.18. The van der Waals surface area contributed by atoms with Crippen molar-refractivity contribution in [3.05, 3.63) is 64.9 Å². The predicted octanol–water partition coefficient (Wildman–Crippen LogP) is 5.93. The van der Waals surface area contributed by atoms with Crippen LogP contribution in [0.1, 0.15) is 61.9 Å². The topological polar surface area (TPSA) is 86.0 Å². The first kappa shape index (κ1) is 24.0. The summed E-state index contributed by atoms with van der Waals surface area (Å²) in [5.41, 5.74) is 1.77. The van der Waals surface area contributed by atoms with E-state index in [1.165, 1.54) is 0 Å². The summed E-state index contributed by atoms with van der Waals surface area (Å²) in [7, 11) is 0. The van der Waals surface area contributed by atoms with Gasteiger partial charge >= 0.3 is 11.9 Å². The number of carbonyl (C=O) groups excluding carboxylic acids is 1. The van der Waals surface area contributed by atoms with Gasteiger partial charge in [-0.05, 0) is 57.5 Å². The molecular weight excluding hydrogens is 396 g/mol. The number of rotatable bonds is 6. The van der Waals surface area contributed by atoms with Crippen LogP contribution in [-0.2, 0) is 22.6 Å². The Kier molecular flexibility index (Phi) is 7.86. The Labute approximate surface area is 182 Å². The number of aromatic carboxylic acids is 1. The first-order chi connectivity index (χ1) is 14.6. The van der Waals surface area contributed by atoms with Crippen LogP contribution in [0, 0.1) is 6.92 Å². The summed E-state index contributed by atoms with van der Waals surface area (Å²) in [6.07, 6.45) is 0.106. The Bertz CT molecular complexity index is 1060. The lowest BCUT2D eigenvalue weighted by Gasteiger charge is -2.20. The van der Waals surface area contributed by atoms with Crippen molar-refractivity contribution in [2.24, 2.45) is 0 Å². The molecule has 0 aliphatic heterocycles. The third kappa shape index (κ3) is 6.60. The molecule has 0 unspecified atom stereocenters. The van der Waals surface area contributed by atoms with E-state index in [1.807, 2.05) is 52.8 Å². The number of benzene rings is 2. The Morgan fingerprint density at radius 2 is 1.74 bits per heavy atom. The van der Waals surface area contributed by atoms with Crippen LogP contribution in [0.5, 0.6) is 5.75 Å². The number of carboxylic acids is 1. The van der Waals surface area contributed by atoms with Crippen molar-refractivity contribution in [3.8, 4) is 5.75 Å². The number of esters is 1. The van der Waals surface area contributed by atoms with E-state index in [0.29, 0.717) is 22.5 Å². The summed E-state index contributed by atoms with van der Waals surface area (Å²) in [6, 6.07) is 12.2. The fourth-order valence-electron chi connectivity index (χ4n) is 3.05. The number of aryl methyl sites for hydroxylation is 1. The SMILES string of the molecule is CC.Cc1cc(C(=O)O)cc2cc(COc3ccccc3CC(=O)OC(C)(C)C)oc12. The van der Waals surface area contributed by atoms with Gasteiger partial charge in [-0.3, -0.25) is 4.79 Å². The molecule has 0 radical (unpaired) electrons. The molecule has 6 heteroatoms. The molecule has 0 saturated heterocycles. The summed E-state index contributed by atoms with van der Waals surface area (Å²) in [5.74, 6) is -0.168. The zero-order valence-electron chi connectivity index (χ0n) is 18.9. The Balaban J connectivity index is 0.00000166. The zero-order chi connectivity index (χ0) is 23.2. The van der Waals surface area contributed by atoms with Crippen molar-refractivity contribution in [2.45, 2.75) is 60.2 Å². The van der Waals surface area contributed by atoms with Gasteiger partial charge in [0.05, 0.1) is 12.0 Å². The maximum atomic E-state index is 12.2. The third-order valence-electron chi connectivity index (χ3n) is 4.20. The van der Waals surface area contributed by atoms with E-state index in [9.17, 15) is 14.7 Å². The molecule has 1 N–H and O–H groups in total. The maximum Gasteiger partial charge on any atom is 0.335 e. The molecule has 0 aliphatic rings. The van der Waals surface area contributed by atoms with Crippen LogP contribution in [0.3, 0.4) is 0 Å². The number of para-hydroxylation sites is 1. The summed E-state index contributed by atoms with van der Waals surface area (Å²) >= 11 is 0. The van der Waals surface area contributed by atoms with Gasteiger partial charge in [0.1, 0.15) is 29.3 Å². The standard InChI is InChI=1S/C23H24O6.C2H6/c1-14-9-17(22(25)26)10-16-11-18(28-21(14)16)13-27-19-8-6-5-7-15(19)12-20(24)29-23(2,3)4;1-2/h5-11H,12-13H2,1-4H3,(H,25,26);1-2H3. The van der Waals surface area contributed by atoms with Crippen molar-refractivity contribution in [1.29, 1.82) is 0 Å². The van der Waals surface area contributed by atoms with E-state index in [-0.39, 0.29) is 24.6 Å². The Morgan fingerprint density at radius 1 is 1.06 bits per heavy atom. The lowest BCUT2D eigenvalue weighted by molar-refractivity contribution is -0.153. The molecule has 31 heavy (non-hydrogen) atoms. The summed E-state index contributed by atoms with van der Waals surface area (Å²) in [6.45, 7) is 11.4. The minimum atomic E-state index is -0.981. The molecular formula is C25H30O6. The second kappa shape index (κ2) is 10.2. The smallest absolute Gasteiger partial charge is 0.335 e. The van der Waals surface area contributed by atoms with Gasteiger partial charge < -0.3 is 19.0 Å². The van der Waals surface area contributed by atoms with Gasteiger partial charge in [0.2, 0.25) is 0 Å². The highest BCUT2D eigenvalue weighted by molar-refractivity contribution is 5.94. The van der Waals surface area contributed by atoms with E-state index in [1.54, 1.807) is 31.2 Å². The average Bonchev–Trinajstić information content (AvgIpc) is 3.11. The van der Waals surface area contributed by atoms with Crippen molar-refractivity contribution >= 4 is 22.9 Å². The van der Waals surface area contributed by atoms with Crippen molar-refractivity contribution < 1.29 is 28.6 Å². The highest BCUT2D eigenvalue weighted by Crippen LogP contribution is 2.27. The van der Waals surface area contributed by atoms with Gasteiger partial charge in [0.15, 0.2) is 0 Å². The largest absolute Gasteiger partial charge is 0.485 e. The van der Waals surface area contributed by atoms with Crippen LogP contribution in [0.4, 0.5) is 0 Å². The van der Waals surface area contributed by atoms with Gasteiger partial charge in [-0.15, -0.1) is 0 Å². The molecule has 6 nitrogen and oxygen atoms in total. The van der Waals surface area contributed by atoms with Gasteiger partial charge in [0.25, 0.3) is 0 Å². The fraction of sp³-hybridized carbons (Fsp3) is 0.360. The molecule has 1 aromatic heterocycles. The lowest BCUT2D eigenvalue weighted by Crippen LogP contribution is -2.25. The molecule has 0 aliphatic carbocycles. The van der Waals surface area contributed by atoms with Crippen LogP contribution >= 0.6 is 0 Å². The van der Waals surface area contributed by atoms with E-state index in [2.05, 4.69) is 0 Å². The number of carboxylic acid groups (broad SMARTS) is 1. The summed E-state index contributed by atoms with van der Waals surface area (Å²) in [4.78, 5) is 23.4. The fourth-order valence-corrected chi connectivity index (χ4v) is 3.05. The molecule has 166 valence electrons. The number of carbonyl (C=O) groups is 2. The van der Waals surface area contributed by atoms with Gasteiger partial charge in [-0.1, -0.05) is 32.0 Å². The van der Waals surface area contributed by atoms with Gasteiger partial charge in [-0.25, -0.2) is 4.79 Å². The highest BCUT2D eigenvalue weighted by atomic mass is 16.6. The molecule has 0 atom stereocenters. The molecule has 0 fully saturated rings. The average molecular weight is 427 g/mol. The Morgan fingerprint density at radius 3 is 2.39 bits per heavy atom. The van der Waals surface area contributed by atoms with Crippen molar-refractivity contribution in [2.75, 3.05) is 0 Å². The van der Waals surface area contributed by atoms with Gasteiger partial charge in [-0.2, -0.15) is 0 Å². The van der Waals surface area contributed by atoms with Gasteiger partial charge in [0, 0.05) is 10.9 Å². The van der Waals surface area contributed by atoms with Crippen LogP contribution in [0.2, 0.25) is 0 Å². The minimum Gasteiger partial charge on any atom is -0.485 e. The predicted molar refractivity (Wildman–Crippen MR) is 120 cm³/mol. The maximum absolute atomic E-state index is 12.2. The molecule has 1 heterocycles. The molecule has 3 aromatic rings. The number of hydrogen-bond donors (Lipinski definition) is 1. The summed E-state index contributed by atoms with van der Waals surface area (Å²) in [5, 5.41) is 9.92. The van der Waals surface area contributed by atoms with Crippen LogP contribution in [0.15, 0.2) is 46.9 Å². The molecule has 0 spiro atoms. The number of ether oxygens (including phenoxy) is 2. The van der Waals surface area contributed by atoms with E-state index in [0.717, 1.165) is 11.1 Å². The van der Waals surface area contributed by atoms with Crippen molar-refractivity contribution in [3.63, 3.8) is 0 Å². The van der Waals surface area contributed by atoms with E-state index in [4.69, 9.17) is 13.9 Å². The number of hydrogen-bond acceptors (Lipinski definition) is 5. The zero-order valence-corrected chi connectivity index (χ0v) is 18.9. The van der Waals surface area contributed by atoms with Crippen LogP contribution in [0.25, 0.3) is 11.0 Å². The quantitative estimate of drug-likeness (QED) is 0.492. The van der Waals surface area contributed by atoms with Crippen LogP contribution < -0.4 is 4.74 Å². The summed E-state index contributed by atoms with van der Waals surface area (Å²) < 4.78 is 17.1. The number of fused-ring (bicyclic) bond motifs is 1. The number of furan rings is 1. The second-order valence-electron chi connectivity index (χ2n) is 7.89. The normalized spacial score (nSPS) is 10.9. The lowest BCUT2D eigenvalue weighted by atomic mass is 10.1. The second-order valence-corrected chi connectivity index (χ2v) is 7.89. The molecule has 0 bridgehead atoms. The van der Waals surface area contributed by atoms with E-state index >= 15 is 0 Å². The minimum absolute atomic E-state index is 0.106. The Hall–Kier alpha value is -3.28. The first-order valence-electron chi connectivity index (χ1n) is 10.3. The van der Waals surface area contributed by atoms with E-state index < -0.39 is 11.6 Å². The monoisotopic (exact) mass is 426 g/mol. The molecule has 0 saturated carbocycles. The van der Waals surface area contributed by atoms with Crippen LogP contribution in [-0.4, -0.2) is 22.6 Å². The third-order valence-corrected chi connectivity index (χ3v) is 4.20. The molecule has 3 rings (SSSR count). The first-order valence-corrected chi connectivity index (χ1v) is 10.3. The van der Waals surface area contributed by atoms with Crippen molar-refractivity contribution in [1.82, 2.24) is 0 Å². The molecule has 0 amide bonds. The molecule has 2 aromatic carbocycles.